The Balaban J connectivity index is 2.58. The Morgan fingerprint density at radius 1 is 1.29 bits per heavy atom. The van der Waals surface area contributed by atoms with Crippen molar-refractivity contribution in [2.75, 3.05) is 13.6 Å². The number of benzene rings is 1. The van der Waals surface area contributed by atoms with Crippen LogP contribution in [0.1, 0.15) is 31.0 Å². The molecule has 0 saturated heterocycles. The van der Waals surface area contributed by atoms with Gasteiger partial charge in [0.2, 0.25) is 0 Å². The van der Waals surface area contributed by atoms with Crippen molar-refractivity contribution in [2.45, 2.75) is 33.2 Å². The first-order valence-corrected chi connectivity index (χ1v) is 6.38. The van der Waals surface area contributed by atoms with Crippen LogP contribution in [0.15, 0.2) is 24.4 Å². The smallest absolute Gasteiger partial charge is 0.0515 e. The van der Waals surface area contributed by atoms with Crippen molar-refractivity contribution >= 4 is 10.9 Å². The van der Waals surface area contributed by atoms with Crippen LogP contribution in [-0.2, 0) is 6.42 Å². The van der Waals surface area contributed by atoms with Crippen LogP contribution in [0.4, 0.5) is 0 Å². The molecule has 0 aliphatic carbocycles. The van der Waals surface area contributed by atoms with E-state index < -0.39 is 0 Å². The zero-order valence-electron chi connectivity index (χ0n) is 11.2. The van der Waals surface area contributed by atoms with Gasteiger partial charge >= 0.3 is 0 Å². The van der Waals surface area contributed by atoms with Crippen molar-refractivity contribution < 1.29 is 0 Å². The zero-order valence-corrected chi connectivity index (χ0v) is 11.2. The molecule has 2 nitrogen and oxygen atoms in total. The number of likely N-dealkylation sites (N-methyl/N-ethyl adjacent to an activating group) is 1. The van der Waals surface area contributed by atoms with Crippen LogP contribution < -0.4 is 5.32 Å². The number of hydrogen-bond donors (Lipinski definition) is 1. The third kappa shape index (κ3) is 2.22. The van der Waals surface area contributed by atoms with Gasteiger partial charge in [-0.05, 0) is 51.9 Å². The first kappa shape index (κ1) is 12.2. The Hall–Kier alpha value is -1.28. The predicted octanol–water partition coefficient (Wildman–Crippen LogP) is 3.29. The zero-order chi connectivity index (χ0) is 12.4. The number of nitrogens with zero attached hydrogens (tertiary/aromatic N) is 1. The molecule has 1 N–H and O–H groups in total. The lowest BCUT2D eigenvalue weighted by Crippen LogP contribution is -2.10. The van der Waals surface area contributed by atoms with Gasteiger partial charge in [-0.3, -0.25) is 0 Å². The quantitative estimate of drug-likeness (QED) is 0.853. The average Bonchev–Trinajstić information content (AvgIpc) is 2.67. The molecule has 17 heavy (non-hydrogen) atoms. The Bertz CT molecular complexity index is 509. The van der Waals surface area contributed by atoms with E-state index in [2.05, 4.69) is 55.1 Å². The Morgan fingerprint density at radius 3 is 2.71 bits per heavy atom. The van der Waals surface area contributed by atoms with Gasteiger partial charge in [0.1, 0.15) is 0 Å². The van der Waals surface area contributed by atoms with Crippen molar-refractivity contribution in [1.29, 1.82) is 0 Å². The third-order valence-corrected chi connectivity index (χ3v) is 3.34. The summed E-state index contributed by atoms with van der Waals surface area (Å²) in [5, 5.41) is 4.64. The molecule has 0 aliphatic rings. The summed E-state index contributed by atoms with van der Waals surface area (Å²) in [7, 11) is 2.01. The van der Waals surface area contributed by atoms with Gasteiger partial charge in [-0.15, -0.1) is 0 Å². The van der Waals surface area contributed by atoms with E-state index in [1.54, 1.807) is 0 Å². The minimum Gasteiger partial charge on any atom is -0.344 e. The van der Waals surface area contributed by atoms with Crippen molar-refractivity contribution in [3.63, 3.8) is 0 Å². The molecule has 0 amide bonds. The molecule has 0 atom stereocenters. The van der Waals surface area contributed by atoms with Gasteiger partial charge < -0.3 is 9.88 Å². The Kier molecular flexibility index (Phi) is 3.53. The second kappa shape index (κ2) is 4.92. The van der Waals surface area contributed by atoms with Gasteiger partial charge in [-0.1, -0.05) is 18.2 Å². The summed E-state index contributed by atoms with van der Waals surface area (Å²) >= 11 is 0. The number of nitrogens with one attached hydrogen (secondary N) is 1. The van der Waals surface area contributed by atoms with E-state index in [0.29, 0.717) is 6.04 Å². The molecule has 0 fully saturated rings. The average molecular weight is 230 g/mol. The summed E-state index contributed by atoms with van der Waals surface area (Å²) < 4.78 is 2.40. The fraction of sp³-hybridized carbons (Fsp3) is 0.467. The van der Waals surface area contributed by atoms with Crippen LogP contribution in [0.2, 0.25) is 0 Å². The van der Waals surface area contributed by atoms with E-state index in [-0.39, 0.29) is 0 Å². The first-order valence-electron chi connectivity index (χ1n) is 6.38. The van der Waals surface area contributed by atoms with Crippen LogP contribution in [0.5, 0.6) is 0 Å². The molecule has 2 heteroatoms. The molecule has 0 aliphatic heterocycles. The van der Waals surface area contributed by atoms with E-state index in [9.17, 15) is 0 Å². The minimum atomic E-state index is 0.516. The normalized spacial score (nSPS) is 11.6. The molecule has 1 aromatic heterocycles. The van der Waals surface area contributed by atoms with Crippen molar-refractivity contribution in [2.24, 2.45) is 0 Å². The molecule has 0 saturated carbocycles. The first-order chi connectivity index (χ1) is 8.15. The van der Waals surface area contributed by atoms with Gasteiger partial charge in [-0.25, -0.2) is 0 Å². The molecule has 0 bridgehead atoms. The van der Waals surface area contributed by atoms with E-state index in [1.807, 2.05) is 7.05 Å². The second-order valence-electron chi connectivity index (χ2n) is 4.98. The van der Waals surface area contributed by atoms with E-state index in [4.69, 9.17) is 0 Å². The Labute approximate surface area is 104 Å². The molecule has 0 spiro atoms. The number of aryl methyl sites for hydroxylation is 1. The van der Waals surface area contributed by atoms with Crippen LogP contribution in [-0.4, -0.2) is 18.2 Å². The molecule has 1 heterocycles. The minimum absolute atomic E-state index is 0.516. The third-order valence-electron chi connectivity index (χ3n) is 3.34. The number of rotatable bonds is 4. The predicted molar refractivity (Wildman–Crippen MR) is 74.7 cm³/mol. The lowest BCUT2D eigenvalue weighted by molar-refractivity contribution is 0.619. The van der Waals surface area contributed by atoms with Crippen LogP contribution in [0, 0.1) is 6.92 Å². The van der Waals surface area contributed by atoms with Gasteiger partial charge in [0, 0.05) is 17.6 Å². The summed E-state index contributed by atoms with van der Waals surface area (Å²) in [6.07, 6.45) is 3.41. The Morgan fingerprint density at radius 2 is 2.06 bits per heavy atom. The maximum absolute atomic E-state index is 3.22. The maximum atomic E-state index is 3.22. The topological polar surface area (TPSA) is 17.0 Å². The number of aromatic nitrogens is 1. The molecule has 1 aromatic carbocycles. The molecule has 0 radical (unpaired) electrons. The standard InChI is InChI=1S/C15H22N2/c1-11(2)17-10-13(8-9-16-4)14-7-5-6-12(3)15(14)17/h5-7,10-11,16H,8-9H2,1-4H3. The highest BCUT2D eigenvalue weighted by Crippen LogP contribution is 2.27. The van der Waals surface area contributed by atoms with E-state index >= 15 is 0 Å². The lowest BCUT2D eigenvalue weighted by Gasteiger charge is -2.10. The van der Waals surface area contributed by atoms with Gasteiger partial charge in [0.25, 0.3) is 0 Å². The second-order valence-corrected chi connectivity index (χ2v) is 4.98. The van der Waals surface area contributed by atoms with Gasteiger partial charge in [0.15, 0.2) is 0 Å². The summed E-state index contributed by atoms with van der Waals surface area (Å²) in [6, 6.07) is 7.11. The van der Waals surface area contributed by atoms with E-state index in [0.717, 1.165) is 13.0 Å². The van der Waals surface area contributed by atoms with Crippen molar-refractivity contribution in [3.05, 3.63) is 35.5 Å². The molecular weight excluding hydrogens is 208 g/mol. The summed E-state index contributed by atoms with van der Waals surface area (Å²) in [5.41, 5.74) is 4.22. The molecule has 2 aromatic rings. The largest absolute Gasteiger partial charge is 0.344 e. The van der Waals surface area contributed by atoms with Crippen LogP contribution >= 0.6 is 0 Å². The van der Waals surface area contributed by atoms with E-state index in [1.165, 1.54) is 22.0 Å². The molecule has 92 valence electrons. The fourth-order valence-corrected chi connectivity index (χ4v) is 2.43. The molecule has 0 unspecified atom stereocenters. The van der Waals surface area contributed by atoms with Crippen molar-refractivity contribution in [1.82, 2.24) is 9.88 Å². The summed E-state index contributed by atoms with van der Waals surface area (Å²) in [4.78, 5) is 0. The van der Waals surface area contributed by atoms with Crippen LogP contribution in [0.3, 0.4) is 0 Å². The van der Waals surface area contributed by atoms with Gasteiger partial charge in [-0.2, -0.15) is 0 Å². The highest BCUT2D eigenvalue weighted by Gasteiger charge is 2.11. The van der Waals surface area contributed by atoms with Crippen molar-refractivity contribution in [3.8, 4) is 0 Å². The highest BCUT2D eigenvalue weighted by molar-refractivity contribution is 5.86. The maximum Gasteiger partial charge on any atom is 0.0515 e. The summed E-state index contributed by atoms with van der Waals surface area (Å²) in [6.45, 7) is 7.72. The number of para-hydroxylation sites is 1. The highest BCUT2D eigenvalue weighted by atomic mass is 15.0. The van der Waals surface area contributed by atoms with Gasteiger partial charge in [0.05, 0.1) is 5.52 Å². The lowest BCUT2D eigenvalue weighted by atomic mass is 10.1. The molecule has 2 rings (SSSR count). The number of fused-ring (bicyclic) bond motifs is 1. The summed E-state index contributed by atoms with van der Waals surface area (Å²) in [5.74, 6) is 0. The molecular formula is C15H22N2. The number of hydrogen-bond acceptors (Lipinski definition) is 1. The SMILES string of the molecule is CNCCc1cn(C(C)C)c2c(C)cccc12. The fourth-order valence-electron chi connectivity index (χ4n) is 2.43. The monoisotopic (exact) mass is 230 g/mol. The van der Waals surface area contributed by atoms with Crippen LogP contribution in [0.25, 0.3) is 10.9 Å².